The monoisotopic (exact) mass is 318 g/mol. The molecule has 0 bridgehead atoms. The number of carbonyl (C=O) groups excluding carboxylic acids is 1. The van der Waals surface area contributed by atoms with Crippen molar-refractivity contribution in [1.29, 1.82) is 0 Å². The molecule has 1 saturated heterocycles. The van der Waals surface area contributed by atoms with E-state index in [1.54, 1.807) is 0 Å². The summed E-state index contributed by atoms with van der Waals surface area (Å²) in [7, 11) is 0. The second-order valence-corrected chi connectivity index (χ2v) is 7.29. The van der Waals surface area contributed by atoms with E-state index in [0.29, 0.717) is 12.5 Å². The lowest BCUT2D eigenvalue weighted by atomic mass is 9.89. The molecule has 1 aromatic rings. The second kappa shape index (κ2) is 7.93. The number of carbonyl (C=O) groups is 1. The van der Waals surface area contributed by atoms with Crippen molar-refractivity contribution in [3.8, 4) is 0 Å². The summed E-state index contributed by atoms with van der Waals surface area (Å²) in [6.45, 7) is 9.25. The molecule has 4 nitrogen and oxygen atoms in total. The summed E-state index contributed by atoms with van der Waals surface area (Å²) in [5, 5.41) is 12.3. The Morgan fingerprint density at radius 2 is 2.04 bits per heavy atom. The smallest absolute Gasteiger partial charge is 0.230 e. The Morgan fingerprint density at radius 1 is 1.35 bits per heavy atom. The Labute approximate surface area is 139 Å². The number of aliphatic hydroxyl groups is 1. The number of nitrogens with zero attached hydrogens (tertiary/aromatic N) is 1. The van der Waals surface area contributed by atoms with Crippen molar-refractivity contribution in [2.45, 2.75) is 46.6 Å². The summed E-state index contributed by atoms with van der Waals surface area (Å²) in [6, 6.07) is 8.13. The molecule has 0 unspecified atom stereocenters. The Bertz CT molecular complexity index is 520. The zero-order valence-electron chi connectivity index (χ0n) is 14.6. The molecular weight excluding hydrogens is 288 g/mol. The molecule has 128 valence electrons. The highest BCUT2D eigenvalue weighted by molar-refractivity contribution is 5.94. The molecule has 4 heteroatoms. The third-order valence-corrected chi connectivity index (χ3v) is 5.05. The lowest BCUT2D eigenvalue weighted by molar-refractivity contribution is -0.124. The highest BCUT2D eigenvalue weighted by Gasteiger charge is 2.25. The topological polar surface area (TPSA) is 52.6 Å². The molecular formula is C19H30N2O2. The first-order valence-electron chi connectivity index (χ1n) is 8.68. The third-order valence-electron chi connectivity index (χ3n) is 5.05. The average molecular weight is 318 g/mol. The van der Waals surface area contributed by atoms with Gasteiger partial charge >= 0.3 is 0 Å². The minimum absolute atomic E-state index is 0.0703. The van der Waals surface area contributed by atoms with Crippen LogP contribution in [0.3, 0.4) is 0 Å². The number of rotatable bonds is 6. The van der Waals surface area contributed by atoms with Gasteiger partial charge in [-0.05, 0) is 56.0 Å². The normalized spacial score (nSPS) is 17.2. The van der Waals surface area contributed by atoms with E-state index < -0.39 is 0 Å². The van der Waals surface area contributed by atoms with Crippen LogP contribution in [0.25, 0.3) is 0 Å². The molecule has 0 aromatic heterocycles. The number of anilines is 1. The van der Waals surface area contributed by atoms with Gasteiger partial charge in [-0.1, -0.05) is 32.9 Å². The van der Waals surface area contributed by atoms with Gasteiger partial charge in [-0.2, -0.15) is 0 Å². The molecule has 0 radical (unpaired) electrons. The molecule has 1 heterocycles. The highest BCUT2D eigenvalue weighted by atomic mass is 16.3. The summed E-state index contributed by atoms with van der Waals surface area (Å²) >= 11 is 0. The van der Waals surface area contributed by atoms with E-state index in [4.69, 9.17) is 0 Å². The third kappa shape index (κ3) is 5.05. The van der Waals surface area contributed by atoms with Gasteiger partial charge in [0, 0.05) is 24.3 Å². The first-order chi connectivity index (χ1) is 10.9. The fourth-order valence-corrected chi connectivity index (χ4v) is 2.79. The van der Waals surface area contributed by atoms with Gasteiger partial charge in [0.1, 0.15) is 0 Å². The molecule has 1 aromatic carbocycles. The SMILES string of the molecule is CCC(C)(C)C(=O)Nc1cccc(CN2CCC(CO)CC2)c1. The van der Waals surface area contributed by atoms with Gasteiger partial charge < -0.3 is 10.4 Å². The number of amides is 1. The van der Waals surface area contributed by atoms with E-state index in [9.17, 15) is 9.90 Å². The Balaban J connectivity index is 1.94. The van der Waals surface area contributed by atoms with Crippen molar-refractivity contribution >= 4 is 11.6 Å². The first kappa shape index (κ1) is 18.0. The van der Waals surface area contributed by atoms with Crippen LogP contribution in [0, 0.1) is 11.3 Å². The summed E-state index contributed by atoms with van der Waals surface area (Å²) in [5.74, 6) is 0.536. The zero-order valence-corrected chi connectivity index (χ0v) is 14.6. The van der Waals surface area contributed by atoms with Crippen molar-refractivity contribution in [2.24, 2.45) is 11.3 Å². The lowest BCUT2D eigenvalue weighted by Crippen LogP contribution is -2.34. The molecule has 1 fully saturated rings. The van der Waals surface area contributed by atoms with Gasteiger partial charge in [-0.3, -0.25) is 9.69 Å². The molecule has 1 amide bonds. The van der Waals surface area contributed by atoms with E-state index in [0.717, 1.165) is 44.6 Å². The highest BCUT2D eigenvalue weighted by Crippen LogP contribution is 2.23. The van der Waals surface area contributed by atoms with Crippen LogP contribution in [-0.2, 0) is 11.3 Å². The van der Waals surface area contributed by atoms with Crippen LogP contribution in [0.4, 0.5) is 5.69 Å². The van der Waals surface area contributed by atoms with E-state index in [2.05, 4.69) is 22.3 Å². The molecule has 2 rings (SSSR count). The van der Waals surface area contributed by atoms with Gasteiger partial charge in [0.2, 0.25) is 5.91 Å². The standard InChI is InChI=1S/C19H30N2O2/c1-4-19(2,3)18(23)20-17-7-5-6-16(12-17)13-21-10-8-15(14-22)9-11-21/h5-7,12,15,22H,4,8-11,13-14H2,1-3H3,(H,20,23). The minimum Gasteiger partial charge on any atom is -0.396 e. The Kier molecular flexibility index (Phi) is 6.19. The van der Waals surface area contributed by atoms with Crippen LogP contribution >= 0.6 is 0 Å². The summed E-state index contributed by atoms with van der Waals surface area (Å²) < 4.78 is 0. The number of benzene rings is 1. The number of nitrogens with one attached hydrogen (secondary N) is 1. The molecule has 0 spiro atoms. The van der Waals surface area contributed by atoms with Crippen LogP contribution in [0.15, 0.2) is 24.3 Å². The van der Waals surface area contributed by atoms with Gasteiger partial charge in [-0.15, -0.1) is 0 Å². The maximum Gasteiger partial charge on any atom is 0.230 e. The van der Waals surface area contributed by atoms with Gasteiger partial charge in [0.25, 0.3) is 0 Å². The molecule has 2 N–H and O–H groups in total. The van der Waals surface area contributed by atoms with Crippen molar-refractivity contribution in [3.05, 3.63) is 29.8 Å². The second-order valence-electron chi connectivity index (χ2n) is 7.29. The van der Waals surface area contributed by atoms with Gasteiger partial charge in [0.15, 0.2) is 0 Å². The van der Waals surface area contributed by atoms with Crippen LogP contribution in [0.5, 0.6) is 0 Å². The van der Waals surface area contributed by atoms with Crippen LogP contribution in [0.2, 0.25) is 0 Å². The predicted molar refractivity (Wildman–Crippen MR) is 94.2 cm³/mol. The quantitative estimate of drug-likeness (QED) is 0.846. The molecule has 1 aliphatic rings. The number of likely N-dealkylation sites (tertiary alicyclic amines) is 1. The number of piperidine rings is 1. The van der Waals surface area contributed by atoms with Crippen molar-refractivity contribution in [3.63, 3.8) is 0 Å². The van der Waals surface area contributed by atoms with Crippen molar-refractivity contribution in [2.75, 3.05) is 25.0 Å². The molecule has 0 saturated carbocycles. The van der Waals surface area contributed by atoms with Crippen LogP contribution < -0.4 is 5.32 Å². The summed E-state index contributed by atoms with van der Waals surface area (Å²) in [6.07, 6.45) is 2.95. The predicted octanol–water partition coefficient (Wildman–Crippen LogP) is 3.27. The van der Waals surface area contributed by atoms with Gasteiger partial charge in [0.05, 0.1) is 0 Å². The average Bonchev–Trinajstić information content (AvgIpc) is 2.56. The Morgan fingerprint density at radius 3 is 2.65 bits per heavy atom. The fraction of sp³-hybridized carbons (Fsp3) is 0.632. The number of hydrogen-bond donors (Lipinski definition) is 2. The maximum absolute atomic E-state index is 12.3. The van der Waals surface area contributed by atoms with Crippen LogP contribution in [-0.4, -0.2) is 35.6 Å². The molecule has 0 atom stereocenters. The first-order valence-corrected chi connectivity index (χ1v) is 8.68. The Hall–Kier alpha value is -1.39. The maximum atomic E-state index is 12.3. The minimum atomic E-state index is -0.345. The van der Waals surface area contributed by atoms with E-state index >= 15 is 0 Å². The van der Waals surface area contributed by atoms with Crippen LogP contribution in [0.1, 0.15) is 45.6 Å². The van der Waals surface area contributed by atoms with E-state index in [1.165, 1.54) is 5.56 Å². The van der Waals surface area contributed by atoms with E-state index in [-0.39, 0.29) is 11.3 Å². The molecule has 0 aliphatic carbocycles. The summed E-state index contributed by atoms with van der Waals surface area (Å²) in [4.78, 5) is 14.7. The van der Waals surface area contributed by atoms with E-state index in [1.807, 2.05) is 32.9 Å². The lowest BCUT2D eigenvalue weighted by Gasteiger charge is -2.31. The van der Waals surface area contributed by atoms with Gasteiger partial charge in [-0.25, -0.2) is 0 Å². The van der Waals surface area contributed by atoms with Crippen molar-refractivity contribution in [1.82, 2.24) is 4.90 Å². The zero-order chi connectivity index (χ0) is 16.9. The largest absolute Gasteiger partial charge is 0.396 e. The molecule has 1 aliphatic heterocycles. The number of hydrogen-bond acceptors (Lipinski definition) is 3. The summed E-state index contributed by atoms with van der Waals surface area (Å²) in [5.41, 5.74) is 1.75. The molecule has 23 heavy (non-hydrogen) atoms. The fourth-order valence-electron chi connectivity index (χ4n) is 2.79. The number of aliphatic hydroxyl groups excluding tert-OH is 1. The van der Waals surface area contributed by atoms with Crippen molar-refractivity contribution < 1.29 is 9.90 Å².